The van der Waals surface area contributed by atoms with Gasteiger partial charge in [0.25, 0.3) is 11.8 Å². The largest absolute Gasteiger partial charge is 0.351 e. The maximum Gasteiger partial charge on any atom is 0.262 e. The number of carbonyl (C=O) groups is 3. The first-order valence-electron chi connectivity index (χ1n) is 11.7. The number of amidine groups is 1. The third-order valence-electron chi connectivity index (χ3n) is 5.99. The molecule has 2 aromatic carbocycles. The van der Waals surface area contributed by atoms with Crippen LogP contribution in [0.25, 0.3) is 0 Å². The van der Waals surface area contributed by atoms with Crippen LogP contribution in [-0.2, 0) is 9.59 Å². The molecule has 2 heterocycles. The van der Waals surface area contributed by atoms with Crippen molar-refractivity contribution in [2.75, 3.05) is 23.7 Å². The van der Waals surface area contributed by atoms with Crippen molar-refractivity contribution in [3.05, 3.63) is 59.7 Å². The van der Waals surface area contributed by atoms with Gasteiger partial charge in [0.2, 0.25) is 5.91 Å². The van der Waals surface area contributed by atoms with Gasteiger partial charge < -0.3 is 15.5 Å². The molecule has 0 spiro atoms. The smallest absolute Gasteiger partial charge is 0.262 e. The molecule has 0 bridgehead atoms. The first-order chi connectivity index (χ1) is 16.4. The Labute approximate surface area is 204 Å². The van der Waals surface area contributed by atoms with Crippen LogP contribution < -0.4 is 10.6 Å². The highest BCUT2D eigenvalue weighted by atomic mass is 32.2. The molecule has 1 atom stereocenters. The van der Waals surface area contributed by atoms with Gasteiger partial charge in [-0.05, 0) is 67.1 Å². The minimum atomic E-state index is -0.482. The van der Waals surface area contributed by atoms with Crippen LogP contribution in [0.1, 0.15) is 61.4 Å². The second-order valence-corrected chi connectivity index (χ2v) is 10.1. The molecule has 7 nitrogen and oxygen atoms in total. The van der Waals surface area contributed by atoms with E-state index in [1.807, 2.05) is 24.3 Å². The topological polar surface area (TPSA) is 90.9 Å². The summed E-state index contributed by atoms with van der Waals surface area (Å²) >= 11 is 1.39. The van der Waals surface area contributed by atoms with Crippen LogP contribution in [0.15, 0.2) is 53.5 Å². The first-order valence-corrected chi connectivity index (χ1v) is 12.6. The van der Waals surface area contributed by atoms with Crippen molar-refractivity contribution in [3.8, 4) is 0 Å². The van der Waals surface area contributed by atoms with Gasteiger partial charge >= 0.3 is 0 Å². The predicted octanol–water partition coefficient (Wildman–Crippen LogP) is 4.87. The van der Waals surface area contributed by atoms with Crippen LogP contribution in [0.3, 0.4) is 0 Å². The summed E-state index contributed by atoms with van der Waals surface area (Å²) in [7, 11) is 0. The van der Waals surface area contributed by atoms with Crippen LogP contribution in [0.4, 0.5) is 11.4 Å². The number of carbonyl (C=O) groups excluding carboxylic acids is 3. The minimum Gasteiger partial charge on any atom is -0.351 e. The predicted molar refractivity (Wildman–Crippen MR) is 137 cm³/mol. The highest BCUT2D eigenvalue weighted by Gasteiger charge is 2.33. The van der Waals surface area contributed by atoms with E-state index in [1.54, 1.807) is 24.3 Å². The van der Waals surface area contributed by atoms with Crippen LogP contribution in [0, 0.1) is 0 Å². The van der Waals surface area contributed by atoms with E-state index in [-0.39, 0.29) is 24.1 Å². The van der Waals surface area contributed by atoms with Crippen molar-refractivity contribution in [3.63, 3.8) is 0 Å². The molecule has 0 aromatic heterocycles. The molecule has 2 N–H and O–H groups in total. The highest BCUT2D eigenvalue weighted by molar-refractivity contribution is 8.15. The summed E-state index contributed by atoms with van der Waals surface area (Å²) < 4.78 is 0. The van der Waals surface area contributed by atoms with Crippen molar-refractivity contribution in [2.45, 2.75) is 50.7 Å². The summed E-state index contributed by atoms with van der Waals surface area (Å²) in [6, 6.07) is 14.5. The Kier molecular flexibility index (Phi) is 7.67. The monoisotopic (exact) mass is 478 g/mol. The third-order valence-corrected chi connectivity index (χ3v) is 7.21. The van der Waals surface area contributed by atoms with Crippen molar-refractivity contribution >= 4 is 46.0 Å². The second-order valence-electron chi connectivity index (χ2n) is 8.95. The summed E-state index contributed by atoms with van der Waals surface area (Å²) in [5.41, 5.74) is 3.02. The normalized spacial score (nSPS) is 18.1. The standard InChI is InChI=1S/C26H30N4O3S/c1-17(2)18-6-10-21(11-7-18)28-24(32)19-8-12-20(13-9-19)27-23(31)16-22-25(33)29-26(34-22)30-14-4-3-5-15-30/h6-13,17,22H,3-5,14-16H2,1-2H3,(H,27,31)(H,28,32)/t22-/m0/s1. The molecule has 0 radical (unpaired) electrons. The number of rotatable bonds is 6. The molecule has 0 unspecified atom stereocenters. The highest BCUT2D eigenvalue weighted by Crippen LogP contribution is 2.29. The van der Waals surface area contributed by atoms with Crippen LogP contribution in [0.2, 0.25) is 0 Å². The van der Waals surface area contributed by atoms with Gasteiger partial charge in [-0.3, -0.25) is 14.4 Å². The fourth-order valence-corrected chi connectivity index (χ4v) is 5.09. The molecule has 34 heavy (non-hydrogen) atoms. The van der Waals surface area contributed by atoms with E-state index < -0.39 is 5.25 Å². The van der Waals surface area contributed by atoms with Crippen molar-refractivity contribution < 1.29 is 14.4 Å². The molecule has 1 saturated heterocycles. The van der Waals surface area contributed by atoms with Gasteiger partial charge in [0.15, 0.2) is 5.17 Å². The van der Waals surface area contributed by atoms with E-state index in [4.69, 9.17) is 0 Å². The van der Waals surface area contributed by atoms with Crippen LogP contribution in [-0.4, -0.2) is 46.1 Å². The van der Waals surface area contributed by atoms with Crippen molar-refractivity contribution in [1.82, 2.24) is 4.90 Å². The minimum absolute atomic E-state index is 0.0684. The molecular weight excluding hydrogens is 448 g/mol. The van der Waals surface area contributed by atoms with E-state index in [2.05, 4.69) is 34.4 Å². The molecular formula is C26H30N4O3S. The SMILES string of the molecule is CC(C)c1ccc(NC(=O)c2ccc(NC(=O)C[C@@H]3SC(N4CCCCC4)=NC3=O)cc2)cc1. The van der Waals surface area contributed by atoms with Gasteiger partial charge in [-0.1, -0.05) is 37.7 Å². The quantitative estimate of drug-likeness (QED) is 0.618. The van der Waals surface area contributed by atoms with Crippen molar-refractivity contribution in [2.24, 2.45) is 4.99 Å². The average Bonchev–Trinajstić information content (AvgIpc) is 3.20. The Hall–Kier alpha value is -3.13. The molecule has 2 aromatic rings. The number of piperidine rings is 1. The fraction of sp³-hybridized carbons (Fsp3) is 0.385. The second kappa shape index (κ2) is 10.9. The Balaban J connectivity index is 1.27. The lowest BCUT2D eigenvalue weighted by Crippen LogP contribution is -2.33. The van der Waals surface area contributed by atoms with E-state index >= 15 is 0 Å². The Morgan fingerprint density at radius 3 is 2.24 bits per heavy atom. The van der Waals surface area contributed by atoms with Gasteiger partial charge in [0.1, 0.15) is 5.25 Å². The zero-order valence-electron chi connectivity index (χ0n) is 19.5. The van der Waals surface area contributed by atoms with Gasteiger partial charge in [-0.2, -0.15) is 4.99 Å². The van der Waals surface area contributed by atoms with E-state index in [1.165, 1.54) is 23.7 Å². The molecule has 8 heteroatoms. The van der Waals surface area contributed by atoms with Crippen LogP contribution >= 0.6 is 11.8 Å². The number of amides is 3. The third kappa shape index (κ3) is 6.05. The van der Waals surface area contributed by atoms with Gasteiger partial charge in [0, 0.05) is 36.4 Å². The Morgan fingerprint density at radius 2 is 1.59 bits per heavy atom. The molecule has 0 saturated carbocycles. The van der Waals surface area contributed by atoms with Crippen LogP contribution in [0.5, 0.6) is 0 Å². The fourth-order valence-electron chi connectivity index (χ4n) is 3.97. The number of aliphatic imine (C=N–C) groups is 1. The van der Waals surface area contributed by atoms with E-state index in [0.29, 0.717) is 17.2 Å². The summed E-state index contributed by atoms with van der Waals surface area (Å²) in [5.74, 6) is -0.273. The molecule has 4 rings (SSSR count). The number of benzene rings is 2. The summed E-state index contributed by atoms with van der Waals surface area (Å²) in [5, 5.41) is 5.97. The summed E-state index contributed by atoms with van der Waals surface area (Å²) in [6.07, 6.45) is 3.49. The molecule has 3 amide bonds. The molecule has 178 valence electrons. The van der Waals surface area contributed by atoms with E-state index in [9.17, 15) is 14.4 Å². The number of likely N-dealkylation sites (tertiary alicyclic amines) is 1. The lowest BCUT2D eigenvalue weighted by molar-refractivity contribution is -0.121. The number of hydrogen-bond donors (Lipinski definition) is 2. The van der Waals surface area contributed by atoms with Gasteiger partial charge in [0.05, 0.1) is 0 Å². The van der Waals surface area contributed by atoms with Gasteiger partial charge in [-0.25, -0.2) is 0 Å². The number of thioether (sulfide) groups is 1. The average molecular weight is 479 g/mol. The van der Waals surface area contributed by atoms with Gasteiger partial charge in [-0.15, -0.1) is 0 Å². The number of hydrogen-bond acceptors (Lipinski definition) is 5. The Morgan fingerprint density at radius 1 is 0.971 bits per heavy atom. The maximum absolute atomic E-state index is 12.5. The molecule has 1 fully saturated rings. The number of nitrogens with zero attached hydrogens (tertiary/aromatic N) is 2. The summed E-state index contributed by atoms with van der Waals surface area (Å²) in [6.45, 7) is 6.08. The first kappa shape index (κ1) is 24.0. The zero-order valence-corrected chi connectivity index (χ0v) is 20.4. The molecule has 0 aliphatic carbocycles. The van der Waals surface area contributed by atoms with Crippen molar-refractivity contribution in [1.29, 1.82) is 0 Å². The summed E-state index contributed by atoms with van der Waals surface area (Å²) in [4.78, 5) is 43.6. The maximum atomic E-state index is 12.5. The number of anilines is 2. The Bertz CT molecular complexity index is 1070. The lowest BCUT2D eigenvalue weighted by atomic mass is 10.0. The lowest BCUT2D eigenvalue weighted by Gasteiger charge is -2.27. The zero-order chi connectivity index (χ0) is 24.1. The molecule has 2 aliphatic rings. The number of nitrogens with one attached hydrogen (secondary N) is 2. The molecule has 2 aliphatic heterocycles. The van der Waals surface area contributed by atoms with E-state index in [0.717, 1.165) is 36.8 Å².